The molecule has 1 atom stereocenters. The fourth-order valence-electron chi connectivity index (χ4n) is 4.16. The Balaban J connectivity index is 1.60. The lowest BCUT2D eigenvalue weighted by molar-refractivity contribution is 0.102. The second kappa shape index (κ2) is 9.75. The van der Waals surface area contributed by atoms with Crippen LogP contribution >= 0.6 is 11.6 Å². The number of allylic oxidation sites excluding steroid dienone is 1. The molecule has 0 bridgehead atoms. The number of nitrogens with one attached hydrogen (secondary N) is 2. The van der Waals surface area contributed by atoms with E-state index in [1.54, 1.807) is 31.0 Å². The molecule has 5 rings (SSSR count). The molecule has 1 aromatic heterocycles. The van der Waals surface area contributed by atoms with E-state index < -0.39 is 6.04 Å². The van der Waals surface area contributed by atoms with Gasteiger partial charge in [0.05, 0.1) is 20.4 Å². The molecule has 2 N–H and O–H groups in total. The predicted octanol–water partition coefficient (Wildman–Crippen LogP) is 6.00. The average molecular weight is 505 g/mol. The van der Waals surface area contributed by atoms with E-state index in [2.05, 4.69) is 15.7 Å². The van der Waals surface area contributed by atoms with Gasteiger partial charge in [0, 0.05) is 22.0 Å². The minimum atomic E-state index is -0.413. The number of fused-ring (bicyclic) bond motifs is 1. The molecule has 36 heavy (non-hydrogen) atoms. The molecule has 182 valence electrons. The zero-order chi connectivity index (χ0) is 25.2. The fourth-order valence-corrected chi connectivity index (χ4v) is 4.28. The van der Waals surface area contributed by atoms with Crippen molar-refractivity contribution >= 4 is 34.7 Å². The van der Waals surface area contributed by atoms with Gasteiger partial charge in [0.25, 0.3) is 5.91 Å². The Morgan fingerprint density at radius 2 is 1.81 bits per heavy atom. The molecule has 4 aromatic rings. The molecule has 1 aliphatic rings. The Hall–Kier alpha value is -4.30. The molecule has 0 aliphatic carbocycles. The van der Waals surface area contributed by atoms with Gasteiger partial charge >= 0.3 is 0 Å². The van der Waals surface area contributed by atoms with Crippen LogP contribution in [0.3, 0.4) is 0 Å². The van der Waals surface area contributed by atoms with Gasteiger partial charge in [-0.1, -0.05) is 35.9 Å². The smallest absolute Gasteiger partial charge is 0.261 e. The number of aromatic nitrogens is 2. The summed E-state index contributed by atoms with van der Waals surface area (Å²) in [5, 5.41) is 11.3. The maximum atomic E-state index is 13.3. The number of carbonyl (C=O) groups is 1. The molecule has 3 aromatic carbocycles. The summed E-state index contributed by atoms with van der Waals surface area (Å²) in [6.07, 6.45) is 3.50. The average Bonchev–Trinajstić information content (AvgIpc) is 3.33. The molecule has 1 amide bonds. The van der Waals surface area contributed by atoms with Crippen LogP contribution in [0.1, 0.15) is 27.5 Å². The van der Waals surface area contributed by atoms with Crippen LogP contribution in [0.25, 0.3) is 5.70 Å². The Bertz CT molecular complexity index is 1450. The van der Waals surface area contributed by atoms with Crippen molar-refractivity contribution in [2.75, 3.05) is 24.9 Å². The largest absolute Gasteiger partial charge is 0.493 e. The van der Waals surface area contributed by atoms with Crippen LogP contribution in [0.15, 0.2) is 79.0 Å². The summed E-state index contributed by atoms with van der Waals surface area (Å²) in [7, 11) is 3.16. The number of halogens is 2. The van der Waals surface area contributed by atoms with Crippen molar-refractivity contribution in [3.63, 3.8) is 0 Å². The molecule has 1 unspecified atom stereocenters. The summed E-state index contributed by atoms with van der Waals surface area (Å²) in [5.74, 6) is 0.877. The molecule has 0 radical (unpaired) electrons. The number of para-hydroxylation sites is 1. The molecule has 0 saturated heterocycles. The topological polar surface area (TPSA) is 77.4 Å². The maximum absolute atomic E-state index is 13.3. The molecule has 9 heteroatoms. The van der Waals surface area contributed by atoms with E-state index in [1.807, 2.05) is 36.4 Å². The van der Waals surface area contributed by atoms with E-state index in [4.69, 9.17) is 21.1 Å². The standard InChI is InChI=1S/C27H22ClFN4O3/c1-35-24-5-3-4-20(25(24)36-2)23-14-22(16-6-8-17(28)9-7-16)32-26-21(15-30-33(23)26)27(34)31-19-12-10-18(29)11-13-19/h3-15,23,32H,1-2H3,(H,31,34). The van der Waals surface area contributed by atoms with E-state index in [-0.39, 0.29) is 11.7 Å². The van der Waals surface area contributed by atoms with Gasteiger partial charge in [-0.2, -0.15) is 5.10 Å². The van der Waals surface area contributed by atoms with E-state index >= 15 is 0 Å². The maximum Gasteiger partial charge on any atom is 0.261 e. The number of ether oxygens (including phenoxy) is 2. The lowest BCUT2D eigenvalue weighted by atomic mass is 9.99. The Kier molecular flexibility index (Phi) is 6.35. The lowest BCUT2D eigenvalue weighted by Crippen LogP contribution is -2.22. The number of anilines is 2. The fraction of sp³-hybridized carbons (Fsp3) is 0.111. The molecule has 0 fully saturated rings. The normalized spacial score (nSPS) is 14.3. The van der Waals surface area contributed by atoms with Crippen molar-refractivity contribution in [3.05, 3.63) is 107 Å². The lowest BCUT2D eigenvalue weighted by Gasteiger charge is -2.27. The van der Waals surface area contributed by atoms with E-state index in [9.17, 15) is 9.18 Å². The molecule has 2 heterocycles. The van der Waals surface area contributed by atoms with Crippen molar-refractivity contribution in [2.45, 2.75) is 6.04 Å². The summed E-state index contributed by atoms with van der Waals surface area (Å²) >= 11 is 6.10. The molecular weight excluding hydrogens is 483 g/mol. The third-order valence-electron chi connectivity index (χ3n) is 5.89. The van der Waals surface area contributed by atoms with Gasteiger partial charge in [-0.25, -0.2) is 9.07 Å². The summed E-state index contributed by atoms with van der Waals surface area (Å²) < 4.78 is 26.2. The van der Waals surface area contributed by atoms with Crippen molar-refractivity contribution in [1.29, 1.82) is 0 Å². The second-order valence-corrected chi connectivity index (χ2v) is 8.49. The Labute approximate surface area is 212 Å². The molecule has 1 aliphatic heterocycles. The Morgan fingerprint density at radius 1 is 1.06 bits per heavy atom. The molecule has 0 saturated carbocycles. The summed E-state index contributed by atoms with van der Waals surface area (Å²) in [6.45, 7) is 0. The number of rotatable bonds is 6. The highest BCUT2D eigenvalue weighted by Gasteiger charge is 2.30. The summed E-state index contributed by atoms with van der Waals surface area (Å²) in [6, 6.07) is 18.2. The second-order valence-electron chi connectivity index (χ2n) is 8.05. The number of nitrogens with zero attached hydrogens (tertiary/aromatic N) is 2. The van der Waals surface area contributed by atoms with Gasteiger partial charge in [-0.3, -0.25) is 4.79 Å². The number of benzene rings is 3. The van der Waals surface area contributed by atoms with Gasteiger partial charge < -0.3 is 20.1 Å². The first-order chi connectivity index (χ1) is 17.5. The van der Waals surface area contributed by atoms with Gasteiger partial charge in [0.2, 0.25) is 0 Å². The van der Waals surface area contributed by atoms with Crippen molar-refractivity contribution in [2.24, 2.45) is 0 Å². The zero-order valence-corrected chi connectivity index (χ0v) is 20.2. The minimum Gasteiger partial charge on any atom is -0.493 e. The monoisotopic (exact) mass is 504 g/mol. The highest BCUT2D eigenvalue weighted by molar-refractivity contribution is 6.30. The van der Waals surface area contributed by atoms with Crippen LogP contribution in [0.4, 0.5) is 15.9 Å². The first-order valence-corrected chi connectivity index (χ1v) is 11.5. The highest BCUT2D eigenvalue weighted by atomic mass is 35.5. The summed E-state index contributed by atoms with van der Waals surface area (Å²) in [4.78, 5) is 13.2. The first kappa shape index (κ1) is 23.4. The van der Waals surface area contributed by atoms with Crippen molar-refractivity contribution < 1.29 is 18.7 Å². The van der Waals surface area contributed by atoms with Crippen LogP contribution < -0.4 is 20.1 Å². The van der Waals surface area contributed by atoms with E-state index in [1.165, 1.54) is 30.5 Å². The molecule has 7 nitrogen and oxygen atoms in total. The number of carbonyl (C=O) groups excluding carboxylic acids is 1. The van der Waals surface area contributed by atoms with Crippen LogP contribution in [0, 0.1) is 5.82 Å². The highest BCUT2D eigenvalue weighted by Crippen LogP contribution is 2.41. The number of hydrogen-bond donors (Lipinski definition) is 2. The SMILES string of the molecule is COc1cccc(C2C=C(c3ccc(Cl)cc3)Nc3c(C(=O)Nc4ccc(F)cc4)cnn32)c1OC. The molecule has 0 spiro atoms. The van der Waals surface area contributed by atoms with E-state index in [0.29, 0.717) is 33.6 Å². The quantitative estimate of drug-likeness (QED) is 0.337. The Morgan fingerprint density at radius 3 is 2.50 bits per heavy atom. The zero-order valence-electron chi connectivity index (χ0n) is 19.5. The first-order valence-electron chi connectivity index (χ1n) is 11.1. The van der Waals surface area contributed by atoms with Gasteiger partial charge in [0.15, 0.2) is 11.5 Å². The minimum absolute atomic E-state index is 0.325. The van der Waals surface area contributed by atoms with Crippen LogP contribution in [-0.2, 0) is 0 Å². The van der Waals surface area contributed by atoms with Gasteiger partial charge in [0.1, 0.15) is 23.2 Å². The summed E-state index contributed by atoms with van der Waals surface area (Å²) in [5.41, 5.74) is 3.25. The van der Waals surface area contributed by atoms with Crippen LogP contribution in [0.5, 0.6) is 11.5 Å². The molecular formula is C27H22ClFN4O3. The van der Waals surface area contributed by atoms with Crippen molar-refractivity contribution in [3.8, 4) is 11.5 Å². The third kappa shape index (κ3) is 4.38. The van der Waals surface area contributed by atoms with Gasteiger partial charge in [-0.05, 0) is 54.1 Å². The van der Waals surface area contributed by atoms with Crippen molar-refractivity contribution in [1.82, 2.24) is 9.78 Å². The van der Waals surface area contributed by atoms with E-state index in [0.717, 1.165) is 16.8 Å². The third-order valence-corrected chi connectivity index (χ3v) is 6.14. The number of hydrogen-bond acceptors (Lipinski definition) is 5. The number of amides is 1. The predicted molar refractivity (Wildman–Crippen MR) is 137 cm³/mol. The van der Waals surface area contributed by atoms with Crippen LogP contribution in [-0.4, -0.2) is 29.9 Å². The van der Waals surface area contributed by atoms with Gasteiger partial charge in [-0.15, -0.1) is 0 Å². The van der Waals surface area contributed by atoms with Crippen LogP contribution in [0.2, 0.25) is 5.02 Å². The number of methoxy groups -OCH3 is 2.